The fraction of sp³-hybridized carbons (Fsp3) is 1.00. The smallest absolute Gasteiger partial charge is 0.0113 e. The van der Waals surface area contributed by atoms with Crippen LogP contribution >= 0.6 is 0 Å². The van der Waals surface area contributed by atoms with E-state index in [1.165, 1.54) is 38.8 Å². The molecule has 0 aliphatic heterocycles. The first-order chi connectivity index (χ1) is 7.81. The lowest BCUT2D eigenvalue weighted by atomic mass is 9.82. The van der Waals surface area contributed by atoms with Crippen molar-refractivity contribution in [3.63, 3.8) is 0 Å². The number of hydrogen-bond donors (Lipinski definition) is 1. The summed E-state index contributed by atoms with van der Waals surface area (Å²) in [5, 5.41) is 3.41. The highest BCUT2D eigenvalue weighted by Crippen LogP contribution is 2.39. The Morgan fingerprint density at radius 3 is 2.18 bits per heavy atom. The second kappa shape index (κ2) is 5.71. The van der Waals surface area contributed by atoms with Gasteiger partial charge in [0.05, 0.1) is 0 Å². The van der Waals surface area contributed by atoms with Crippen molar-refractivity contribution in [3.05, 3.63) is 0 Å². The minimum Gasteiger partial charge on any atom is -0.319 e. The lowest BCUT2D eigenvalue weighted by Crippen LogP contribution is -2.47. The number of rotatable bonds is 5. The molecule has 0 spiro atoms. The van der Waals surface area contributed by atoms with E-state index in [1.807, 2.05) is 0 Å². The van der Waals surface area contributed by atoms with Crippen LogP contribution in [0.2, 0.25) is 0 Å². The third-order valence-electron chi connectivity index (χ3n) is 4.72. The lowest BCUT2D eigenvalue weighted by Gasteiger charge is -2.41. The average molecular weight is 240 g/mol. The topological polar surface area (TPSA) is 15.3 Å². The van der Waals surface area contributed by atoms with Gasteiger partial charge >= 0.3 is 0 Å². The summed E-state index contributed by atoms with van der Waals surface area (Å²) >= 11 is 0. The average Bonchev–Trinajstić information content (AvgIpc) is 2.64. The fourth-order valence-electron chi connectivity index (χ4n) is 3.22. The molecule has 0 aromatic rings. The molecule has 0 bridgehead atoms. The third kappa shape index (κ3) is 3.96. The summed E-state index contributed by atoms with van der Waals surface area (Å²) in [4.78, 5) is 2.57. The molecule has 1 saturated carbocycles. The van der Waals surface area contributed by atoms with Crippen LogP contribution in [0.15, 0.2) is 0 Å². The van der Waals surface area contributed by atoms with Crippen LogP contribution in [-0.2, 0) is 0 Å². The number of nitrogens with zero attached hydrogens (tertiary/aromatic N) is 1. The minimum atomic E-state index is 0.369. The van der Waals surface area contributed by atoms with E-state index in [0.717, 1.165) is 0 Å². The summed E-state index contributed by atoms with van der Waals surface area (Å²) in [5.74, 6) is 0. The van der Waals surface area contributed by atoms with Gasteiger partial charge in [-0.05, 0) is 44.7 Å². The van der Waals surface area contributed by atoms with Gasteiger partial charge in [-0.15, -0.1) is 0 Å². The highest BCUT2D eigenvalue weighted by molar-refractivity contribution is 4.90. The molecule has 1 aliphatic carbocycles. The van der Waals surface area contributed by atoms with Gasteiger partial charge in [0.2, 0.25) is 0 Å². The van der Waals surface area contributed by atoms with Crippen molar-refractivity contribution in [2.24, 2.45) is 10.8 Å². The molecule has 102 valence electrons. The lowest BCUT2D eigenvalue weighted by molar-refractivity contribution is 0.0858. The SMILES string of the molecule is CNCC1(CN(C)C(C)C(C)(C)C)CCCC1. The molecular weight excluding hydrogens is 208 g/mol. The zero-order valence-corrected chi connectivity index (χ0v) is 12.8. The third-order valence-corrected chi connectivity index (χ3v) is 4.72. The Hall–Kier alpha value is -0.0800. The molecule has 1 N–H and O–H groups in total. The van der Waals surface area contributed by atoms with Crippen LogP contribution in [-0.4, -0.2) is 38.1 Å². The Morgan fingerprint density at radius 1 is 1.24 bits per heavy atom. The predicted molar refractivity (Wildman–Crippen MR) is 76.4 cm³/mol. The normalized spacial score (nSPS) is 22.1. The Labute approximate surface area is 108 Å². The Morgan fingerprint density at radius 2 is 1.76 bits per heavy atom. The molecule has 0 saturated heterocycles. The summed E-state index contributed by atoms with van der Waals surface area (Å²) in [6.07, 6.45) is 5.63. The van der Waals surface area contributed by atoms with E-state index in [0.29, 0.717) is 16.9 Å². The van der Waals surface area contributed by atoms with Crippen LogP contribution in [0.3, 0.4) is 0 Å². The Bertz CT molecular complexity index is 224. The van der Waals surface area contributed by atoms with Crippen LogP contribution in [0.4, 0.5) is 0 Å². The van der Waals surface area contributed by atoms with Crippen molar-refractivity contribution in [2.75, 3.05) is 27.2 Å². The maximum absolute atomic E-state index is 3.41. The zero-order valence-electron chi connectivity index (χ0n) is 12.8. The van der Waals surface area contributed by atoms with E-state index in [2.05, 4.69) is 52.0 Å². The van der Waals surface area contributed by atoms with Gasteiger partial charge in [0.25, 0.3) is 0 Å². The largest absolute Gasteiger partial charge is 0.319 e. The summed E-state index contributed by atoms with van der Waals surface area (Å²) < 4.78 is 0. The molecule has 1 aliphatic rings. The number of nitrogens with one attached hydrogen (secondary N) is 1. The van der Waals surface area contributed by atoms with E-state index in [-0.39, 0.29) is 0 Å². The van der Waals surface area contributed by atoms with Crippen molar-refractivity contribution in [1.29, 1.82) is 0 Å². The van der Waals surface area contributed by atoms with Crippen LogP contribution in [0.5, 0.6) is 0 Å². The van der Waals surface area contributed by atoms with Crippen molar-refractivity contribution < 1.29 is 0 Å². The van der Waals surface area contributed by atoms with Gasteiger partial charge in [-0.1, -0.05) is 33.6 Å². The maximum Gasteiger partial charge on any atom is 0.0113 e. The van der Waals surface area contributed by atoms with E-state index in [1.54, 1.807) is 0 Å². The molecular formula is C15H32N2. The second-order valence-electron chi connectivity index (χ2n) is 7.19. The predicted octanol–water partition coefficient (Wildman–Crippen LogP) is 3.13. The standard InChI is InChI=1S/C15H32N2/c1-13(14(2,3)4)17(6)12-15(11-16-5)9-7-8-10-15/h13,16H,7-12H2,1-6H3. The summed E-state index contributed by atoms with van der Waals surface area (Å²) in [6, 6.07) is 0.636. The molecule has 0 aromatic heterocycles. The first kappa shape index (κ1) is 15.0. The van der Waals surface area contributed by atoms with Crippen molar-refractivity contribution in [1.82, 2.24) is 10.2 Å². The van der Waals surface area contributed by atoms with Crippen molar-refractivity contribution in [2.45, 2.75) is 59.4 Å². The fourth-order valence-corrected chi connectivity index (χ4v) is 3.22. The molecule has 2 heteroatoms. The summed E-state index contributed by atoms with van der Waals surface area (Å²) in [5.41, 5.74) is 0.900. The van der Waals surface area contributed by atoms with Crippen LogP contribution in [0.1, 0.15) is 53.4 Å². The maximum atomic E-state index is 3.41. The molecule has 0 heterocycles. The van der Waals surface area contributed by atoms with Gasteiger partial charge in [0.1, 0.15) is 0 Å². The first-order valence-corrected chi connectivity index (χ1v) is 7.16. The van der Waals surface area contributed by atoms with Gasteiger partial charge in [0.15, 0.2) is 0 Å². The molecule has 1 atom stereocenters. The molecule has 0 radical (unpaired) electrons. The van der Waals surface area contributed by atoms with Crippen LogP contribution in [0, 0.1) is 10.8 Å². The molecule has 2 nitrogen and oxygen atoms in total. The second-order valence-corrected chi connectivity index (χ2v) is 7.19. The van der Waals surface area contributed by atoms with E-state index < -0.39 is 0 Å². The summed E-state index contributed by atoms with van der Waals surface area (Å²) in [6.45, 7) is 11.8. The molecule has 0 aromatic carbocycles. The van der Waals surface area contributed by atoms with Crippen molar-refractivity contribution in [3.8, 4) is 0 Å². The van der Waals surface area contributed by atoms with Crippen LogP contribution < -0.4 is 5.32 Å². The molecule has 0 amide bonds. The molecule has 1 rings (SSSR count). The van der Waals surface area contributed by atoms with Crippen molar-refractivity contribution >= 4 is 0 Å². The Kier molecular flexibility index (Phi) is 5.03. The van der Waals surface area contributed by atoms with Gasteiger partial charge in [-0.2, -0.15) is 0 Å². The van der Waals surface area contributed by atoms with Gasteiger partial charge in [0, 0.05) is 19.1 Å². The van der Waals surface area contributed by atoms with Gasteiger partial charge in [-0.25, -0.2) is 0 Å². The van der Waals surface area contributed by atoms with Gasteiger partial charge in [-0.3, -0.25) is 0 Å². The zero-order chi connectivity index (χ0) is 13.1. The van der Waals surface area contributed by atoms with E-state index in [4.69, 9.17) is 0 Å². The quantitative estimate of drug-likeness (QED) is 0.794. The Balaban J connectivity index is 2.61. The molecule has 1 fully saturated rings. The van der Waals surface area contributed by atoms with Gasteiger partial charge < -0.3 is 10.2 Å². The highest BCUT2D eigenvalue weighted by atomic mass is 15.1. The highest BCUT2D eigenvalue weighted by Gasteiger charge is 2.36. The first-order valence-electron chi connectivity index (χ1n) is 7.16. The molecule has 17 heavy (non-hydrogen) atoms. The molecule has 1 unspecified atom stereocenters. The minimum absolute atomic E-state index is 0.369. The summed E-state index contributed by atoms with van der Waals surface area (Å²) in [7, 11) is 4.39. The van der Waals surface area contributed by atoms with Crippen LogP contribution in [0.25, 0.3) is 0 Å². The van der Waals surface area contributed by atoms with E-state index >= 15 is 0 Å². The number of hydrogen-bond acceptors (Lipinski definition) is 2. The van der Waals surface area contributed by atoms with E-state index in [9.17, 15) is 0 Å². The monoisotopic (exact) mass is 240 g/mol.